The maximum atomic E-state index is 14.2. The average Bonchev–Trinajstić information content (AvgIpc) is 3.25. The van der Waals surface area contributed by atoms with Gasteiger partial charge in [0.15, 0.2) is 0 Å². The summed E-state index contributed by atoms with van der Waals surface area (Å²) in [6.07, 6.45) is 4.93. The summed E-state index contributed by atoms with van der Waals surface area (Å²) >= 11 is 5.87. The maximum absolute atomic E-state index is 14.2. The average molecular weight is 565 g/mol. The summed E-state index contributed by atoms with van der Waals surface area (Å²) in [6, 6.07) is 11.9. The molecule has 2 N–H and O–H groups in total. The van der Waals surface area contributed by atoms with Crippen molar-refractivity contribution in [1.82, 2.24) is 24.4 Å². The fourth-order valence-electron chi connectivity index (χ4n) is 5.20. The summed E-state index contributed by atoms with van der Waals surface area (Å²) in [7, 11) is 0. The fourth-order valence-corrected chi connectivity index (χ4v) is 5.36. The van der Waals surface area contributed by atoms with Gasteiger partial charge < -0.3 is 19.8 Å². The summed E-state index contributed by atoms with van der Waals surface area (Å²) < 4.78 is 28.3. The summed E-state index contributed by atoms with van der Waals surface area (Å²) in [5.74, 6) is 0.549. The van der Waals surface area contributed by atoms with E-state index in [9.17, 15) is 9.18 Å². The molecule has 0 radical (unpaired) electrons. The second-order valence-corrected chi connectivity index (χ2v) is 10.8. The number of carbonyl (C=O) groups is 1. The van der Waals surface area contributed by atoms with Crippen molar-refractivity contribution in [3.8, 4) is 5.88 Å². The topological polar surface area (TPSA) is 108 Å². The van der Waals surface area contributed by atoms with E-state index in [-0.39, 0.29) is 23.7 Å². The van der Waals surface area contributed by atoms with Gasteiger partial charge in [-0.1, -0.05) is 23.7 Å². The number of rotatable bonds is 9. The number of primary amides is 1. The van der Waals surface area contributed by atoms with Crippen LogP contribution in [-0.4, -0.2) is 62.2 Å². The summed E-state index contributed by atoms with van der Waals surface area (Å²) in [4.78, 5) is 27.7. The molecule has 0 aliphatic carbocycles. The fraction of sp³-hybridized carbons (Fsp3) is 0.379. The lowest BCUT2D eigenvalue weighted by Crippen LogP contribution is -2.39. The number of nitrogens with two attached hydrogens (primary N) is 1. The number of piperidine rings is 1. The molecule has 0 spiro atoms. The lowest BCUT2D eigenvalue weighted by atomic mass is 10.1. The van der Waals surface area contributed by atoms with E-state index in [0.29, 0.717) is 41.5 Å². The van der Waals surface area contributed by atoms with Crippen LogP contribution in [-0.2, 0) is 24.2 Å². The Kier molecular flexibility index (Phi) is 7.64. The molecule has 1 amide bonds. The number of amides is 1. The van der Waals surface area contributed by atoms with Gasteiger partial charge in [0.05, 0.1) is 36.4 Å². The second kappa shape index (κ2) is 11.5. The Balaban J connectivity index is 1.09. The van der Waals surface area contributed by atoms with Gasteiger partial charge >= 0.3 is 0 Å². The van der Waals surface area contributed by atoms with E-state index in [1.54, 1.807) is 24.4 Å². The number of carbonyl (C=O) groups excluding carboxylic acids is 1. The molecule has 1 atom stereocenters. The van der Waals surface area contributed by atoms with E-state index in [1.807, 2.05) is 18.2 Å². The van der Waals surface area contributed by atoms with Crippen molar-refractivity contribution < 1.29 is 18.7 Å². The highest BCUT2D eigenvalue weighted by Crippen LogP contribution is 2.25. The highest BCUT2D eigenvalue weighted by molar-refractivity contribution is 6.30. The Hall–Kier alpha value is -3.60. The standard InChI is InChI=1S/C29H30ClFN6O3/c30-19-5-4-18(23(31)13-19)12-20-2-1-3-28(34-20)40-21-6-9-36(10-7-21)17-27-35-24-14-25(29(32)38)33-15-26(24)37(27)16-22-8-11-39-22/h1-5,13-15,21-22H,6-12,16-17H2,(H2,32,38)/t22-/m0/s1. The third-order valence-corrected chi connectivity index (χ3v) is 7.74. The molecule has 2 saturated heterocycles. The molecule has 0 bridgehead atoms. The van der Waals surface area contributed by atoms with Crippen LogP contribution in [0.3, 0.4) is 0 Å². The van der Waals surface area contributed by atoms with Crippen molar-refractivity contribution in [2.45, 2.75) is 51.0 Å². The molecule has 40 heavy (non-hydrogen) atoms. The van der Waals surface area contributed by atoms with Crippen molar-refractivity contribution in [2.75, 3.05) is 19.7 Å². The van der Waals surface area contributed by atoms with Gasteiger partial charge in [0, 0.05) is 42.9 Å². The summed E-state index contributed by atoms with van der Waals surface area (Å²) in [6.45, 7) is 3.83. The van der Waals surface area contributed by atoms with Crippen molar-refractivity contribution in [3.05, 3.63) is 82.3 Å². The van der Waals surface area contributed by atoms with E-state index < -0.39 is 5.91 Å². The van der Waals surface area contributed by atoms with Crippen LogP contribution in [0.2, 0.25) is 5.02 Å². The number of imidazole rings is 1. The SMILES string of the molecule is NC(=O)c1cc2nc(CN3CCC(Oc4cccc(Cc5ccc(Cl)cc5F)n4)CC3)n(C[C@@H]3CCO3)c2cn1. The van der Waals surface area contributed by atoms with Gasteiger partial charge in [-0.15, -0.1) is 0 Å². The molecule has 6 rings (SSSR count). The molecule has 1 aromatic carbocycles. The molecule has 0 unspecified atom stereocenters. The molecule has 5 heterocycles. The van der Waals surface area contributed by atoms with Gasteiger partial charge in [0.25, 0.3) is 5.91 Å². The second-order valence-electron chi connectivity index (χ2n) is 10.3. The van der Waals surface area contributed by atoms with Gasteiger partial charge in [0.1, 0.15) is 23.4 Å². The number of pyridine rings is 2. The van der Waals surface area contributed by atoms with E-state index in [4.69, 9.17) is 31.8 Å². The molecule has 9 nitrogen and oxygen atoms in total. The van der Waals surface area contributed by atoms with Gasteiger partial charge in [-0.05, 0) is 49.1 Å². The predicted octanol–water partition coefficient (Wildman–Crippen LogP) is 4.14. The molecule has 0 saturated carbocycles. The Morgan fingerprint density at radius 1 is 1.15 bits per heavy atom. The zero-order chi connectivity index (χ0) is 27.6. The number of ether oxygens (including phenoxy) is 2. The summed E-state index contributed by atoms with van der Waals surface area (Å²) in [5.41, 5.74) is 8.50. The number of hydrogen-bond acceptors (Lipinski definition) is 7. The van der Waals surface area contributed by atoms with Gasteiger partial charge in [-0.3, -0.25) is 9.69 Å². The van der Waals surface area contributed by atoms with Crippen LogP contribution in [0.1, 0.15) is 46.8 Å². The van der Waals surface area contributed by atoms with Gasteiger partial charge in [0.2, 0.25) is 5.88 Å². The van der Waals surface area contributed by atoms with Crippen LogP contribution in [0, 0.1) is 5.82 Å². The monoisotopic (exact) mass is 564 g/mol. The lowest BCUT2D eigenvalue weighted by Gasteiger charge is -2.32. The quantitative estimate of drug-likeness (QED) is 0.325. The van der Waals surface area contributed by atoms with Crippen molar-refractivity contribution in [2.24, 2.45) is 5.73 Å². The van der Waals surface area contributed by atoms with E-state index in [0.717, 1.165) is 56.0 Å². The van der Waals surface area contributed by atoms with E-state index >= 15 is 0 Å². The van der Waals surface area contributed by atoms with Crippen LogP contribution < -0.4 is 10.5 Å². The number of aromatic nitrogens is 4. The number of nitrogens with zero attached hydrogens (tertiary/aromatic N) is 5. The molecule has 11 heteroatoms. The first-order chi connectivity index (χ1) is 19.4. The highest BCUT2D eigenvalue weighted by atomic mass is 35.5. The Bertz CT molecular complexity index is 1530. The van der Waals surface area contributed by atoms with Crippen LogP contribution in [0.5, 0.6) is 5.88 Å². The molecule has 2 aliphatic rings. The summed E-state index contributed by atoms with van der Waals surface area (Å²) in [5, 5.41) is 0.372. The Morgan fingerprint density at radius 3 is 2.70 bits per heavy atom. The normalized spacial score (nSPS) is 18.1. The Morgan fingerprint density at radius 2 is 1.98 bits per heavy atom. The van der Waals surface area contributed by atoms with Gasteiger partial charge in [-0.2, -0.15) is 0 Å². The van der Waals surface area contributed by atoms with Crippen molar-refractivity contribution in [3.63, 3.8) is 0 Å². The lowest BCUT2D eigenvalue weighted by molar-refractivity contribution is -0.0592. The number of halogens is 2. The zero-order valence-electron chi connectivity index (χ0n) is 21.9. The van der Waals surface area contributed by atoms with Crippen LogP contribution in [0.4, 0.5) is 4.39 Å². The molecular formula is C29H30ClFN6O3. The molecule has 208 valence electrons. The Labute approximate surface area is 236 Å². The van der Waals surface area contributed by atoms with Crippen molar-refractivity contribution in [1.29, 1.82) is 0 Å². The number of benzene rings is 1. The number of fused-ring (bicyclic) bond motifs is 1. The van der Waals surface area contributed by atoms with E-state index in [2.05, 4.69) is 19.4 Å². The first-order valence-corrected chi connectivity index (χ1v) is 13.8. The molecule has 4 aromatic rings. The third kappa shape index (κ3) is 5.94. The predicted molar refractivity (Wildman–Crippen MR) is 148 cm³/mol. The smallest absolute Gasteiger partial charge is 0.267 e. The van der Waals surface area contributed by atoms with Crippen LogP contribution in [0.25, 0.3) is 11.0 Å². The van der Waals surface area contributed by atoms with Crippen molar-refractivity contribution >= 4 is 28.5 Å². The first-order valence-electron chi connectivity index (χ1n) is 13.5. The first kappa shape index (κ1) is 26.6. The minimum atomic E-state index is -0.570. The van der Waals surface area contributed by atoms with E-state index in [1.165, 1.54) is 6.07 Å². The molecule has 3 aromatic heterocycles. The minimum Gasteiger partial charge on any atom is -0.474 e. The van der Waals surface area contributed by atoms with Crippen LogP contribution >= 0.6 is 11.6 Å². The zero-order valence-corrected chi connectivity index (χ0v) is 22.7. The van der Waals surface area contributed by atoms with Crippen LogP contribution in [0.15, 0.2) is 48.7 Å². The molecular weight excluding hydrogens is 535 g/mol. The minimum absolute atomic E-state index is 0.0378. The number of likely N-dealkylation sites (tertiary alicyclic amines) is 1. The third-order valence-electron chi connectivity index (χ3n) is 7.50. The van der Waals surface area contributed by atoms with Gasteiger partial charge in [-0.25, -0.2) is 19.3 Å². The molecule has 2 aliphatic heterocycles. The largest absolute Gasteiger partial charge is 0.474 e. The highest BCUT2D eigenvalue weighted by Gasteiger charge is 2.26. The maximum Gasteiger partial charge on any atom is 0.267 e. The number of hydrogen-bond donors (Lipinski definition) is 1. The molecule has 2 fully saturated rings.